The Balaban J connectivity index is 1.99. The molecule has 1 aromatic carbocycles. The first kappa shape index (κ1) is 12.3. The van der Waals surface area contributed by atoms with Gasteiger partial charge in [-0.1, -0.05) is 29.3 Å². The number of halogens is 2. The highest BCUT2D eigenvalue weighted by Crippen LogP contribution is 2.53. The highest BCUT2D eigenvalue weighted by Gasteiger charge is 2.44. The van der Waals surface area contributed by atoms with Crippen molar-refractivity contribution in [2.45, 2.75) is 31.6 Å². The van der Waals surface area contributed by atoms with Gasteiger partial charge in [-0.25, -0.2) is 0 Å². The van der Waals surface area contributed by atoms with Crippen LogP contribution < -0.4 is 0 Å². The molecule has 2 bridgehead atoms. The predicted molar refractivity (Wildman–Crippen MR) is 73.8 cm³/mol. The third-order valence-electron chi connectivity index (χ3n) is 4.70. The van der Waals surface area contributed by atoms with Crippen molar-refractivity contribution >= 4 is 23.2 Å². The second kappa shape index (κ2) is 4.76. The van der Waals surface area contributed by atoms with E-state index in [0.29, 0.717) is 27.8 Å². The van der Waals surface area contributed by atoms with Crippen LogP contribution in [0.2, 0.25) is 10.0 Å². The highest BCUT2D eigenvalue weighted by molar-refractivity contribution is 6.42. The van der Waals surface area contributed by atoms with Crippen molar-refractivity contribution in [3.8, 4) is 6.07 Å². The summed E-state index contributed by atoms with van der Waals surface area (Å²) in [7, 11) is 0. The average Bonchev–Trinajstić information content (AvgIpc) is 2.42. The largest absolute Gasteiger partial charge is 0.198 e. The summed E-state index contributed by atoms with van der Waals surface area (Å²) in [4.78, 5) is 0. The standard InChI is InChI=1S/C15H15Cl2N/c16-13-6-5-11(7-14(13)17)15-10-3-1-9(2-4-10)12(15)8-18/h5-7,9-10,12,15H,1-4H2/t9?,10?,12-,15+/m0/s1. The summed E-state index contributed by atoms with van der Waals surface area (Å²) in [5.41, 5.74) is 1.20. The first-order chi connectivity index (χ1) is 8.70. The zero-order valence-corrected chi connectivity index (χ0v) is 11.6. The smallest absolute Gasteiger partial charge is 0.0665 e. The van der Waals surface area contributed by atoms with E-state index in [1.807, 2.05) is 18.2 Å². The molecule has 0 unspecified atom stereocenters. The van der Waals surface area contributed by atoms with Crippen molar-refractivity contribution < 1.29 is 0 Å². The minimum absolute atomic E-state index is 0.162. The van der Waals surface area contributed by atoms with Crippen molar-refractivity contribution in [1.29, 1.82) is 5.26 Å². The van der Waals surface area contributed by atoms with E-state index in [-0.39, 0.29) is 5.92 Å². The summed E-state index contributed by atoms with van der Waals surface area (Å²) in [6.45, 7) is 0. The molecule has 3 fully saturated rings. The van der Waals surface area contributed by atoms with Crippen LogP contribution in [0.15, 0.2) is 18.2 Å². The maximum Gasteiger partial charge on any atom is 0.0665 e. The number of rotatable bonds is 1. The minimum atomic E-state index is 0.162. The van der Waals surface area contributed by atoms with Gasteiger partial charge in [-0.15, -0.1) is 0 Å². The Hall–Kier alpha value is -0.710. The number of nitrogens with zero attached hydrogens (tertiary/aromatic N) is 1. The van der Waals surface area contributed by atoms with Crippen LogP contribution in [0, 0.1) is 29.1 Å². The van der Waals surface area contributed by atoms with Gasteiger partial charge in [0.25, 0.3) is 0 Å². The Bertz CT molecular complexity index is 498. The summed E-state index contributed by atoms with van der Waals surface area (Å²) in [5, 5.41) is 10.7. The summed E-state index contributed by atoms with van der Waals surface area (Å²) in [6.07, 6.45) is 4.96. The van der Waals surface area contributed by atoms with E-state index in [9.17, 15) is 5.26 Å². The zero-order chi connectivity index (χ0) is 12.7. The topological polar surface area (TPSA) is 23.8 Å². The molecule has 0 amide bonds. The SMILES string of the molecule is N#C[C@H]1C2CCC(CC2)[C@@H]1c1ccc(Cl)c(Cl)c1. The van der Waals surface area contributed by atoms with Crippen molar-refractivity contribution in [1.82, 2.24) is 0 Å². The maximum absolute atomic E-state index is 9.46. The van der Waals surface area contributed by atoms with Crippen LogP contribution in [-0.4, -0.2) is 0 Å². The zero-order valence-electron chi connectivity index (χ0n) is 10.1. The molecule has 4 rings (SSSR count). The summed E-state index contributed by atoms with van der Waals surface area (Å²) in [5.74, 6) is 1.75. The molecule has 0 aliphatic heterocycles. The Kier molecular flexibility index (Phi) is 3.26. The highest BCUT2D eigenvalue weighted by atomic mass is 35.5. The molecule has 3 aliphatic rings. The van der Waals surface area contributed by atoms with Gasteiger partial charge in [-0.3, -0.25) is 0 Å². The van der Waals surface area contributed by atoms with Gasteiger partial charge in [-0.05, 0) is 55.2 Å². The summed E-state index contributed by atoms with van der Waals surface area (Å²) >= 11 is 12.1. The molecule has 3 heteroatoms. The second-order valence-corrected chi connectivity index (χ2v) is 6.34. The van der Waals surface area contributed by atoms with Crippen molar-refractivity contribution in [3.63, 3.8) is 0 Å². The lowest BCUT2D eigenvalue weighted by Crippen LogP contribution is -2.37. The van der Waals surface area contributed by atoms with Gasteiger partial charge in [0.05, 0.1) is 22.0 Å². The van der Waals surface area contributed by atoms with Gasteiger partial charge in [0.2, 0.25) is 0 Å². The molecule has 0 aromatic heterocycles. The van der Waals surface area contributed by atoms with Crippen LogP contribution in [0.5, 0.6) is 0 Å². The van der Waals surface area contributed by atoms with E-state index in [2.05, 4.69) is 6.07 Å². The lowest BCUT2D eigenvalue weighted by molar-refractivity contribution is 0.100. The maximum atomic E-state index is 9.46. The van der Waals surface area contributed by atoms with Crippen molar-refractivity contribution in [2.24, 2.45) is 17.8 Å². The molecule has 3 saturated carbocycles. The Morgan fingerprint density at radius 1 is 1.00 bits per heavy atom. The summed E-state index contributed by atoms with van der Waals surface area (Å²) < 4.78 is 0. The molecule has 0 radical (unpaired) electrons. The van der Waals surface area contributed by atoms with Crippen LogP contribution in [-0.2, 0) is 0 Å². The number of hydrogen-bond donors (Lipinski definition) is 0. The van der Waals surface area contributed by atoms with Gasteiger partial charge in [0, 0.05) is 5.92 Å². The van der Waals surface area contributed by atoms with E-state index in [4.69, 9.17) is 23.2 Å². The van der Waals surface area contributed by atoms with Crippen LogP contribution in [0.4, 0.5) is 0 Å². The van der Waals surface area contributed by atoms with E-state index < -0.39 is 0 Å². The fourth-order valence-corrected chi connectivity index (χ4v) is 4.14. The molecular weight excluding hydrogens is 265 g/mol. The Morgan fingerprint density at radius 2 is 1.67 bits per heavy atom. The molecule has 0 N–H and O–H groups in total. The summed E-state index contributed by atoms with van der Waals surface area (Å²) in [6, 6.07) is 8.40. The molecule has 2 atom stereocenters. The molecule has 1 aromatic rings. The lowest BCUT2D eigenvalue weighted by Gasteiger charge is -2.46. The lowest BCUT2D eigenvalue weighted by atomic mass is 9.57. The molecule has 3 aliphatic carbocycles. The van der Waals surface area contributed by atoms with E-state index >= 15 is 0 Å². The van der Waals surface area contributed by atoms with Crippen LogP contribution >= 0.6 is 23.2 Å². The quantitative estimate of drug-likeness (QED) is 0.707. The van der Waals surface area contributed by atoms with Crippen LogP contribution in [0.3, 0.4) is 0 Å². The van der Waals surface area contributed by atoms with Gasteiger partial charge in [-0.2, -0.15) is 5.26 Å². The molecule has 0 saturated heterocycles. The molecule has 0 spiro atoms. The fraction of sp³-hybridized carbons (Fsp3) is 0.533. The first-order valence-electron chi connectivity index (χ1n) is 6.55. The van der Waals surface area contributed by atoms with E-state index in [1.165, 1.54) is 31.2 Å². The molecule has 1 nitrogen and oxygen atoms in total. The number of benzene rings is 1. The number of hydrogen-bond acceptors (Lipinski definition) is 1. The normalized spacial score (nSPS) is 34.3. The third-order valence-corrected chi connectivity index (χ3v) is 5.44. The van der Waals surface area contributed by atoms with Gasteiger partial charge < -0.3 is 0 Å². The molecule has 0 heterocycles. The van der Waals surface area contributed by atoms with Crippen LogP contribution in [0.25, 0.3) is 0 Å². The van der Waals surface area contributed by atoms with Crippen molar-refractivity contribution in [3.05, 3.63) is 33.8 Å². The first-order valence-corrected chi connectivity index (χ1v) is 7.31. The van der Waals surface area contributed by atoms with Crippen molar-refractivity contribution in [2.75, 3.05) is 0 Å². The Labute approximate surface area is 118 Å². The second-order valence-electron chi connectivity index (χ2n) is 5.53. The molecule has 94 valence electrons. The molecular formula is C15H15Cl2N. The van der Waals surface area contributed by atoms with Crippen LogP contribution in [0.1, 0.15) is 37.2 Å². The minimum Gasteiger partial charge on any atom is -0.198 e. The fourth-order valence-electron chi connectivity index (χ4n) is 3.83. The molecule has 18 heavy (non-hydrogen) atoms. The average molecular weight is 280 g/mol. The van der Waals surface area contributed by atoms with Gasteiger partial charge in [0.15, 0.2) is 0 Å². The van der Waals surface area contributed by atoms with Gasteiger partial charge in [0.1, 0.15) is 0 Å². The van der Waals surface area contributed by atoms with Gasteiger partial charge >= 0.3 is 0 Å². The number of fused-ring (bicyclic) bond motifs is 3. The third kappa shape index (κ3) is 1.92. The number of nitriles is 1. The van der Waals surface area contributed by atoms with E-state index in [1.54, 1.807) is 0 Å². The Morgan fingerprint density at radius 3 is 2.28 bits per heavy atom. The monoisotopic (exact) mass is 279 g/mol. The predicted octanol–water partition coefficient (Wildman–Crippen LogP) is 5.04. The van der Waals surface area contributed by atoms with E-state index in [0.717, 1.165) is 0 Å².